The number of hydrogen-bond acceptors (Lipinski definition) is 6. The van der Waals surface area contributed by atoms with Crippen molar-refractivity contribution in [1.29, 1.82) is 0 Å². The van der Waals surface area contributed by atoms with Crippen LogP contribution in [0.15, 0.2) is 70.1 Å². The third-order valence-electron chi connectivity index (χ3n) is 6.85. The molecule has 1 saturated heterocycles. The monoisotopic (exact) mass is 552 g/mol. The summed E-state index contributed by atoms with van der Waals surface area (Å²) >= 11 is 6.15. The van der Waals surface area contributed by atoms with Gasteiger partial charge in [-0.2, -0.15) is 0 Å². The van der Waals surface area contributed by atoms with Gasteiger partial charge in [-0.1, -0.05) is 62.4 Å². The van der Waals surface area contributed by atoms with Crippen LogP contribution in [0.3, 0.4) is 0 Å². The number of halogens is 1. The highest BCUT2D eigenvalue weighted by atomic mass is 35.5. The normalized spacial score (nSPS) is 13.8. The van der Waals surface area contributed by atoms with E-state index in [9.17, 15) is 9.59 Å². The summed E-state index contributed by atoms with van der Waals surface area (Å²) < 4.78 is 17.1. The zero-order chi connectivity index (χ0) is 27.5. The molecule has 4 rings (SSSR count). The lowest BCUT2D eigenvalue weighted by atomic mass is 10.1. The summed E-state index contributed by atoms with van der Waals surface area (Å²) in [5, 5.41) is 0.589. The molecule has 1 aliphatic rings. The minimum absolute atomic E-state index is 0.0207. The molecule has 208 valence electrons. The minimum Gasteiger partial charge on any atom is -0.494 e. The van der Waals surface area contributed by atoms with Crippen LogP contribution in [0.1, 0.15) is 60.7 Å². The molecule has 0 unspecified atom stereocenters. The molecule has 2 aromatic carbocycles. The Kier molecular flexibility index (Phi) is 10.9. The van der Waals surface area contributed by atoms with Crippen LogP contribution in [0.4, 0.5) is 0 Å². The highest BCUT2D eigenvalue weighted by Gasteiger charge is 2.23. The minimum atomic E-state index is -0.235. The molecule has 1 fully saturated rings. The summed E-state index contributed by atoms with van der Waals surface area (Å²) in [7, 11) is 0. The molecule has 0 saturated carbocycles. The number of rotatable bonds is 13. The Balaban J connectivity index is 1.20. The Hall–Kier alpha value is -3.29. The van der Waals surface area contributed by atoms with E-state index in [1.54, 1.807) is 6.07 Å². The molecule has 7 nitrogen and oxygen atoms in total. The van der Waals surface area contributed by atoms with Crippen LogP contribution in [0.2, 0.25) is 5.02 Å². The molecule has 1 aliphatic heterocycles. The summed E-state index contributed by atoms with van der Waals surface area (Å²) in [6.45, 7) is 6.20. The van der Waals surface area contributed by atoms with Crippen molar-refractivity contribution in [3.8, 4) is 11.5 Å². The predicted molar refractivity (Wildman–Crippen MR) is 153 cm³/mol. The Morgan fingerprint density at radius 2 is 1.69 bits per heavy atom. The number of amides is 1. The number of nitrogens with zero attached hydrogens (tertiary/aromatic N) is 2. The Bertz CT molecular complexity index is 1250. The van der Waals surface area contributed by atoms with Gasteiger partial charge in [-0.25, -0.2) is 0 Å². The van der Waals surface area contributed by atoms with Crippen molar-refractivity contribution in [2.75, 3.05) is 32.8 Å². The maximum Gasteiger partial charge on any atom is 0.253 e. The van der Waals surface area contributed by atoms with E-state index in [0.717, 1.165) is 17.7 Å². The predicted octanol–water partition coefficient (Wildman–Crippen LogP) is 6.18. The highest BCUT2D eigenvalue weighted by Crippen LogP contribution is 2.19. The molecule has 8 heteroatoms. The molecule has 0 bridgehead atoms. The van der Waals surface area contributed by atoms with Crippen molar-refractivity contribution < 1.29 is 18.7 Å². The van der Waals surface area contributed by atoms with Crippen LogP contribution in [0.25, 0.3) is 0 Å². The largest absolute Gasteiger partial charge is 0.494 e. The molecule has 0 atom stereocenters. The zero-order valence-electron chi connectivity index (χ0n) is 22.6. The van der Waals surface area contributed by atoms with Crippen LogP contribution in [-0.2, 0) is 13.2 Å². The average Bonchev–Trinajstić information content (AvgIpc) is 2.96. The second-order valence-electron chi connectivity index (χ2n) is 9.81. The lowest BCUT2D eigenvalue weighted by Gasteiger charge is -2.34. The van der Waals surface area contributed by atoms with Gasteiger partial charge in [0.15, 0.2) is 0 Å². The molecule has 0 spiro atoms. The van der Waals surface area contributed by atoms with Gasteiger partial charge in [-0.15, -0.1) is 0 Å². The molecule has 2 heterocycles. The van der Waals surface area contributed by atoms with Gasteiger partial charge in [-0.05, 0) is 36.8 Å². The smallest absolute Gasteiger partial charge is 0.253 e. The van der Waals surface area contributed by atoms with Gasteiger partial charge in [0, 0.05) is 48.4 Å². The standard InChI is InChI=1S/C31H37ClN2O5/c1-2-3-4-5-8-19-37-26-13-11-24(12-14-26)31(36)34-17-15-33(16-18-34)21-27-20-29(35)30(23-38-27)39-22-25-9-6-7-10-28(25)32/h6-7,9-14,20,23H,2-5,8,15-19,21-22H2,1H3. The van der Waals surface area contributed by atoms with E-state index in [4.69, 9.17) is 25.5 Å². The number of benzene rings is 2. The number of ether oxygens (including phenoxy) is 2. The van der Waals surface area contributed by atoms with E-state index in [2.05, 4.69) is 11.8 Å². The van der Waals surface area contributed by atoms with Gasteiger partial charge in [0.2, 0.25) is 11.2 Å². The fourth-order valence-electron chi connectivity index (χ4n) is 4.50. The first-order valence-corrected chi connectivity index (χ1v) is 14.1. The van der Waals surface area contributed by atoms with Gasteiger partial charge in [0.1, 0.15) is 24.4 Å². The molecule has 0 radical (unpaired) electrons. The second kappa shape index (κ2) is 14.8. The molecule has 1 amide bonds. The molecule has 39 heavy (non-hydrogen) atoms. The van der Waals surface area contributed by atoms with Crippen molar-refractivity contribution in [3.63, 3.8) is 0 Å². The fourth-order valence-corrected chi connectivity index (χ4v) is 4.69. The number of unbranched alkanes of at least 4 members (excludes halogenated alkanes) is 4. The number of hydrogen-bond donors (Lipinski definition) is 0. The molecule has 3 aromatic rings. The van der Waals surface area contributed by atoms with Crippen LogP contribution in [0.5, 0.6) is 11.5 Å². The van der Waals surface area contributed by atoms with Crippen molar-refractivity contribution in [1.82, 2.24) is 9.80 Å². The zero-order valence-corrected chi connectivity index (χ0v) is 23.3. The maximum absolute atomic E-state index is 13.0. The molecular weight excluding hydrogens is 516 g/mol. The molecule has 0 N–H and O–H groups in total. The van der Waals surface area contributed by atoms with Gasteiger partial charge < -0.3 is 18.8 Å². The number of piperazine rings is 1. The number of carbonyl (C=O) groups excluding carboxylic acids is 1. The SMILES string of the molecule is CCCCCCCOc1ccc(C(=O)N2CCN(Cc3cc(=O)c(OCc4ccccc4Cl)co3)CC2)cc1. The summed E-state index contributed by atoms with van der Waals surface area (Å²) in [5.41, 5.74) is 1.23. The van der Waals surface area contributed by atoms with Crippen LogP contribution in [-0.4, -0.2) is 48.5 Å². The van der Waals surface area contributed by atoms with E-state index < -0.39 is 0 Å². The summed E-state index contributed by atoms with van der Waals surface area (Å²) in [6, 6.07) is 16.2. The molecular formula is C31H37ClN2O5. The van der Waals surface area contributed by atoms with Crippen LogP contribution >= 0.6 is 11.6 Å². The summed E-state index contributed by atoms with van der Waals surface area (Å²) in [4.78, 5) is 29.5. The molecule has 1 aromatic heterocycles. The van der Waals surface area contributed by atoms with E-state index in [1.165, 1.54) is 38.0 Å². The first kappa shape index (κ1) is 28.7. The first-order chi connectivity index (χ1) is 19.0. The Labute approximate surface area is 235 Å². The average molecular weight is 553 g/mol. The fraction of sp³-hybridized carbons (Fsp3) is 0.419. The summed E-state index contributed by atoms with van der Waals surface area (Å²) in [5.74, 6) is 1.53. The van der Waals surface area contributed by atoms with E-state index >= 15 is 0 Å². The molecule has 0 aliphatic carbocycles. The van der Waals surface area contributed by atoms with Gasteiger partial charge in [0.25, 0.3) is 5.91 Å². The first-order valence-electron chi connectivity index (χ1n) is 13.8. The lowest BCUT2D eigenvalue weighted by Crippen LogP contribution is -2.48. The summed E-state index contributed by atoms with van der Waals surface area (Å²) in [6.07, 6.45) is 7.36. The van der Waals surface area contributed by atoms with Crippen molar-refractivity contribution >= 4 is 17.5 Å². The third-order valence-corrected chi connectivity index (χ3v) is 7.22. The Morgan fingerprint density at radius 1 is 0.949 bits per heavy atom. The van der Waals surface area contributed by atoms with Crippen LogP contribution in [0, 0.1) is 0 Å². The maximum atomic E-state index is 13.0. The highest BCUT2D eigenvalue weighted by molar-refractivity contribution is 6.31. The van der Waals surface area contributed by atoms with Crippen molar-refractivity contribution in [2.45, 2.75) is 52.2 Å². The van der Waals surface area contributed by atoms with Crippen LogP contribution < -0.4 is 14.9 Å². The van der Waals surface area contributed by atoms with Gasteiger partial charge >= 0.3 is 0 Å². The van der Waals surface area contributed by atoms with Gasteiger partial charge in [-0.3, -0.25) is 14.5 Å². The van der Waals surface area contributed by atoms with Crippen molar-refractivity contribution in [2.24, 2.45) is 0 Å². The van der Waals surface area contributed by atoms with Gasteiger partial charge in [0.05, 0.1) is 13.2 Å². The third kappa shape index (κ3) is 8.60. The van der Waals surface area contributed by atoms with E-state index in [0.29, 0.717) is 55.7 Å². The van der Waals surface area contributed by atoms with E-state index in [-0.39, 0.29) is 23.7 Å². The topological polar surface area (TPSA) is 72.2 Å². The van der Waals surface area contributed by atoms with Crippen molar-refractivity contribution in [3.05, 3.63) is 93.0 Å². The Morgan fingerprint density at radius 3 is 2.41 bits per heavy atom. The number of carbonyl (C=O) groups is 1. The lowest BCUT2D eigenvalue weighted by molar-refractivity contribution is 0.0619. The van der Waals surface area contributed by atoms with E-state index in [1.807, 2.05) is 47.4 Å². The second-order valence-corrected chi connectivity index (χ2v) is 10.2. The quantitative estimate of drug-likeness (QED) is 0.236.